The summed E-state index contributed by atoms with van der Waals surface area (Å²) in [6.45, 7) is 0.618. The molecule has 2 fully saturated rings. The molecule has 1 aliphatic carbocycles. The van der Waals surface area contributed by atoms with E-state index in [9.17, 15) is 34.6 Å². The molecular weight excluding hydrogens is 600 g/mol. The molecule has 1 saturated heterocycles. The van der Waals surface area contributed by atoms with E-state index in [1.807, 2.05) is 30.3 Å². The van der Waals surface area contributed by atoms with Gasteiger partial charge in [-0.3, -0.25) is 34.6 Å². The SMILES string of the molecule is O=C(CCl)N[C@@H](Cc1ccccc1)C(=O)N1CCC2(CC1)/C(=C\c1ccc([N+](=O)[O-])cc1)C(=O)/C2=C/c1ccc([N+](=O)[O-])cc1. The molecule has 0 bridgehead atoms. The van der Waals surface area contributed by atoms with Crippen LogP contribution in [0.5, 0.6) is 0 Å². The Balaban J connectivity index is 1.43. The van der Waals surface area contributed by atoms with Gasteiger partial charge in [-0.1, -0.05) is 30.3 Å². The van der Waals surface area contributed by atoms with Gasteiger partial charge in [0.1, 0.15) is 11.9 Å². The van der Waals surface area contributed by atoms with Crippen molar-refractivity contribution in [2.75, 3.05) is 19.0 Å². The Kier molecular flexibility index (Phi) is 9.19. The molecule has 2 aliphatic rings. The summed E-state index contributed by atoms with van der Waals surface area (Å²) in [5, 5.41) is 25.0. The molecule has 0 unspecified atom stereocenters. The summed E-state index contributed by atoms with van der Waals surface area (Å²) in [7, 11) is 0. The van der Waals surface area contributed by atoms with E-state index in [0.29, 0.717) is 54.6 Å². The molecular formula is C33H29ClN4O7. The molecule has 2 amide bonds. The number of nitro benzene ring substituents is 2. The van der Waals surface area contributed by atoms with Crippen LogP contribution in [0.25, 0.3) is 12.2 Å². The van der Waals surface area contributed by atoms with Crippen molar-refractivity contribution in [1.29, 1.82) is 0 Å². The van der Waals surface area contributed by atoms with Gasteiger partial charge in [0.05, 0.1) is 9.85 Å². The Hall–Kier alpha value is -5.16. The third-order valence-electron chi connectivity index (χ3n) is 8.32. The van der Waals surface area contributed by atoms with Gasteiger partial charge >= 0.3 is 0 Å². The average molecular weight is 629 g/mol. The van der Waals surface area contributed by atoms with Gasteiger partial charge in [0.2, 0.25) is 11.8 Å². The Labute approximate surface area is 263 Å². The number of nitro groups is 2. The van der Waals surface area contributed by atoms with Crippen LogP contribution in [0.2, 0.25) is 0 Å². The van der Waals surface area contributed by atoms with Gasteiger partial charge in [-0.15, -0.1) is 11.6 Å². The van der Waals surface area contributed by atoms with Crippen molar-refractivity contribution in [3.05, 3.63) is 127 Å². The molecule has 1 N–H and O–H groups in total. The molecule has 1 saturated carbocycles. The van der Waals surface area contributed by atoms with Gasteiger partial charge < -0.3 is 10.2 Å². The van der Waals surface area contributed by atoms with E-state index in [-0.39, 0.29) is 28.9 Å². The van der Waals surface area contributed by atoms with Crippen molar-refractivity contribution in [2.45, 2.75) is 25.3 Å². The number of likely N-dealkylation sites (tertiary alicyclic amines) is 1. The first kappa shape index (κ1) is 31.3. The minimum atomic E-state index is -0.819. The third kappa shape index (κ3) is 6.68. The first-order valence-electron chi connectivity index (χ1n) is 14.3. The van der Waals surface area contributed by atoms with Crippen LogP contribution in [0.15, 0.2) is 90.0 Å². The maximum atomic E-state index is 13.7. The number of ketones is 1. The molecule has 11 nitrogen and oxygen atoms in total. The first-order valence-corrected chi connectivity index (χ1v) is 14.8. The number of alkyl halides is 1. The zero-order valence-corrected chi connectivity index (χ0v) is 24.8. The van der Waals surface area contributed by atoms with Crippen LogP contribution >= 0.6 is 11.6 Å². The maximum Gasteiger partial charge on any atom is 0.269 e. The number of nitrogens with one attached hydrogen (secondary N) is 1. The van der Waals surface area contributed by atoms with Crippen LogP contribution in [0, 0.1) is 25.6 Å². The fraction of sp³-hybridized carbons (Fsp3) is 0.242. The van der Waals surface area contributed by atoms with Crippen LogP contribution in [0.3, 0.4) is 0 Å². The van der Waals surface area contributed by atoms with E-state index >= 15 is 0 Å². The molecule has 3 aromatic rings. The fourth-order valence-corrected chi connectivity index (χ4v) is 6.02. The van der Waals surface area contributed by atoms with E-state index < -0.39 is 27.2 Å². The standard InChI is InChI=1S/C33H29ClN4O7/c34-21-30(39)35-29(20-22-4-2-1-3-5-22)32(41)36-16-14-33(15-17-36)27(18-23-6-10-25(11-7-23)37(42)43)31(40)28(33)19-24-8-12-26(13-9-24)38(44)45/h1-13,18-19,29H,14-17,20-21H2,(H,35,39)/b27-18-,28-19-/t29-/m0/s1. The number of nitrogens with zero attached hydrogens (tertiary/aromatic N) is 3. The highest BCUT2D eigenvalue weighted by atomic mass is 35.5. The van der Waals surface area contributed by atoms with Crippen molar-refractivity contribution < 1.29 is 24.2 Å². The summed E-state index contributed by atoms with van der Waals surface area (Å²) in [6, 6.07) is 20.3. The number of amides is 2. The molecule has 1 heterocycles. The number of halogens is 1. The number of benzene rings is 3. The molecule has 0 aromatic heterocycles. The average Bonchev–Trinajstić information content (AvgIpc) is 3.06. The molecule has 0 radical (unpaired) electrons. The van der Waals surface area contributed by atoms with Crippen molar-refractivity contribution >= 4 is 52.7 Å². The van der Waals surface area contributed by atoms with E-state index in [4.69, 9.17) is 11.6 Å². The van der Waals surface area contributed by atoms with Crippen LogP contribution in [-0.4, -0.2) is 57.4 Å². The molecule has 5 rings (SSSR count). The highest BCUT2D eigenvalue weighted by molar-refractivity contribution is 6.27. The summed E-state index contributed by atoms with van der Waals surface area (Å²) in [4.78, 5) is 62.4. The number of piperidine rings is 1. The molecule has 1 aliphatic heterocycles. The number of carbonyl (C=O) groups is 3. The first-order chi connectivity index (χ1) is 21.6. The van der Waals surface area contributed by atoms with Gasteiger partial charge in [-0.25, -0.2) is 0 Å². The smallest absolute Gasteiger partial charge is 0.269 e. The van der Waals surface area contributed by atoms with Crippen LogP contribution < -0.4 is 5.32 Å². The summed E-state index contributed by atoms with van der Waals surface area (Å²) < 4.78 is 0. The Morgan fingerprint density at radius 1 is 0.844 bits per heavy atom. The number of hydrogen-bond donors (Lipinski definition) is 1. The quantitative estimate of drug-likeness (QED) is 0.149. The number of allylic oxidation sites excluding steroid dienone is 2. The summed E-state index contributed by atoms with van der Waals surface area (Å²) in [5.41, 5.74) is 2.37. The van der Waals surface area contributed by atoms with Gasteiger partial charge in [-0.05, 0) is 65.9 Å². The number of hydrogen-bond acceptors (Lipinski definition) is 7. The number of carbonyl (C=O) groups excluding carboxylic acids is 3. The summed E-state index contributed by atoms with van der Waals surface area (Å²) >= 11 is 5.73. The largest absolute Gasteiger partial charge is 0.343 e. The minimum Gasteiger partial charge on any atom is -0.343 e. The van der Waals surface area contributed by atoms with E-state index in [0.717, 1.165) is 5.56 Å². The van der Waals surface area contributed by atoms with Crippen molar-refractivity contribution in [2.24, 2.45) is 5.41 Å². The lowest BCUT2D eigenvalue weighted by molar-refractivity contribution is -0.385. The van der Waals surface area contributed by atoms with E-state index in [1.165, 1.54) is 24.3 Å². The highest BCUT2D eigenvalue weighted by Gasteiger charge is 2.55. The van der Waals surface area contributed by atoms with Gasteiger partial charge in [0.25, 0.3) is 11.4 Å². The van der Waals surface area contributed by atoms with E-state index in [1.54, 1.807) is 41.3 Å². The molecule has 45 heavy (non-hydrogen) atoms. The topological polar surface area (TPSA) is 153 Å². The van der Waals surface area contributed by atoms with Crippen molar-refractivity contribution in [3.8, 4) is 0 Å². The predicted molar refractivity (Wildman–Crippen MR) is 168 cm³/mol. The van der Waals surface area contributed by atoms with Crippen LogP contribution in [0.4, 0.5) is 11.4 Å². The normalized spacial score (nSPS) is 18.0. The highest BCUT2D eigenvalue weighted by Crippen LogP contribution is 2.56. The van der Waals surface area contributed by atoms with Crippen LogP contribution in [0.1, 0.15) is 29.5 Å². The summed E-state index contributed by atoms with van der Waals surface area (Å²) in [5.74, 6) is -1.18. The summed E-state index contributed by atoms with van der Waals surface area (Å²) in [6.07, 6.45) is 4.59. The fourth-order valence-electron chi connectivity index (χ4n) is 5.94. The minimum absolute atomic E-state index is 0.0660. The molecule has 3 aromatic carbocycles. The predicted octanol–water partition coefficient (Wildman–Crippen LogP) is 5.13. The number of rotatable bonds is 9. The lowest BCUT2D eigenvalue weighted by atomic mass is 9.54. The van der Waals surface area contributed by atoms with Crippen molar-refractivity contribution in [1.82, 2.24) is 10.2 Å². The second-order valence-corrected chi connectivity index (χ2v) is 11.3. The second kappa shape index (κ2) is 13.2. The lowest BCUT2D eigenvalue weighted by Gasteiger charge is -2.51. The third-order valence-corrected chi connectivity index (χ3v) is 8.56. The molecule has 230 valence electrons. The molecule has 1 spiro atoms. The molecule has 1 atom stereocenters. The Morgan fingerprint density at radius 3 is 1.78 bits per heavy atom. The lowest BCUT2D eigenvalue weighted by Crippen LogP contribution is -2.56. The number of Topliss-reactive ketones (excluding diaryl/α,β-unsaturated/α-hetero) is 1. The van der Waals surface area contributed by atoms with E-state index in [2.05, 4.69) is 5.32 Å². The zero-order valence-electron chi connectivity index (χ0n) is 24.1. The molecule has 12 heteroatoms. The van der Waals surface area contributed by atoms with Gasteiger partial charge in [0.15, 0.2) is 5.78 Å². The Bertz CT molecular complexity index is 1620. The van der Waals surface area contributed by atoms with Crippen molar-refractivity contribution in [3.63, 3.8) is 0 Å². The van der Waals surface area contributed by atoms with Crippen LogP contribution in [-0.2, 0) is 20.8 Å². The van der Waals surface area contributed by atoms with Gasteiger partial charge in [0, 0.05) is 60.3 Å². The van der Waals surface area contributed by atoms with Gasteiger partial charge in [-0.2, -0.15) is 0 Å². The zero-order chi connectivity index (χ0) is 32.1. The Morgan fingerprint density at radius 2 is 1.33 bits per heavy atom. The maximum absolute atomic E-state index is 13.7. The second-order valence-electron chi connectivity index (χ2n) is 11.0. The monoisotopic (exact) mass is 628 g/mol. The number of non-ortho nitro benzene ring substituents is 2.